The average Bonchev–Trinajstić information content (AvgIpc) is 2.51. The maximum absolute atomic E-state index is 5.87. The average molecular weight is 304 g/mol. The van der Waals surface area contributed by atoms with E-state index in [1.54, 1.807) is 0 Å². The van der Waals surface area contributed by atoms with Crippen LogP contribution in [-0.2, 0) is 6.42 Å². The minimum absolute atomic E-state index is 0.783. The van der Waals surface area contributed by atoms with E-state index >= 15 is 0 Å². The number of benzene rings is 2. The molecule has 1 N–H and O–H groups in total. The van der Waals surface area contributed by atoms with Crippen molar-refractivity contribution >= 4 is 17.3 Å². The van der Waals surface area contributed by atoms with Gasteiger partial charge in [-0.3, -0.25) is 0 Å². The van der Waals surface area contributed by atoms with Gasteiger partial charge in [0, 0.05) is 17.3 Å². The standard InChI is InChI=1S/C18H22ClNO/c1-2-3-14-21-18-10-8-17(9-11-18)20-13-12-15-4-6-16(19)7-5-15/h4-11,20H,2-3,12-14H2,1H3. The number of nitrogens with one attached hydrogen (secondary N) is 1. The number of rotatable bonds is 8. The summed E-state index contributed by atoms with van der Waals surface area (Å²) in [5, 5.41) is 4.20. The summed E-state index contributed by atoms with van der Waals surface area (Å²) in [6, 6.07) is 16.1. The second-order valence-corrected chi connectivity index (χ2v) is 5.47. The van der Waals surface area contributed by atoms with Crippen LogP contribution in [0, 0.1) is 0 Å². The van der Waals surface area contributed by atoms with E-state index in [0.29, 0.717) is 0 Å². The summed E-state index contributed by atoms with van der Waals surface area (Å²) in [7, 11) is 0. The Labute approximate surface area is 132 Å². The fraction of sp³-hybridized carbons (Fsp3) is 0.333. The highest BCUT2D eigenvalue weighted by Crippen LogP contribution is 2.16. The SMILES string of the molecule is CCCCOc1ccc(NCCc2ccc(Cl)cc2)cc1. The van der Waals surface area contributed by atoms with Gasteiger partial charge >= 0.3 is 0 Å². The van der Waals surface area contributed by atoms with Crippen LogP contribution in [0.4, 0.5) is 5.69 Å². The molecule has 0 saturated heterocycles. The molecule has 0 bridgehead atoms. The van der Waals surface area contributed by atoms with Crippen LogP contribution in [0.25, 0.3) is 0 Å². The topological polar surface area (TPSA) is 21.3 Å². The summed E-state index contributed by atoms with van der Waals surface area (Å²) in [6.07, 6.45) is 3.23. The minimum Gasteiger partial charge on any atom is -0.494 e. The molecule has 0 spiro atoms. The quantitative estimate of drug-likeness (QED) is 0.679. The van der Waals surface area contributed by atoms with Crippen molar-refractivity contribution in [2.75, 3.05) is 18.5 Å². The predicted molar refractivity (Wildman–Crippen MR) is 90.5 cm³/mol. The van der Waals surface area contributed by atoms with E-state index in [1.165, 1.54) is 5.56 Å². The van der Waals surface area contributed by atoms with Crippen molar-refractivity contribution in [1.29, 1.82) is 0 Å². The first-order valence-electron chi connectivity index (χ1n) is 7.49. The van der Waals surface area contributed by atoms with Gasteiger partial charge in [-0.15, -0.1) is 0 Å². The van der Waals surface area contributed by atoms with Gasteiger partial charge in [0.05, 0.1) is 6.61 Å². The second-order valence-electron chi connectivity index (χ2n) is 5.03. The molecule has 0 amide bonds. The van der Waals surface area contributed by atoms with Crippen molar-refractivity contribution in [3.8, 4) is 5.75 Å². The van der Waals surface area contributed by atoms with Gasteiger partial charge in [-0.25, -0.2) is 0 Å². The summed E-state index contributed by atoms with van der Waals surface area (Å²) < 4.78 is 5.65. The van der Waals surface area contributed by atoms with E-state index in [1.807, 2.05) is 24.3 Å². The van der Waals surface area contributed by atoms with Crippen LogP contribution in [0.2, 0.25) is 5.02 Å². The Balaban J connectivity index is 1.74. The molecule has 0 saturated carbocycles. The lowest BCUT2D eigenvalue weighted by molar-refractivity contribution is 0.309. The van der Waals surface area contributed by atoms with E-state index < -0.39 is 0 Å². The first-order valence-corrected chi connectivity index (χ1v) is 7.87. The van der Waals surface area contributed by atoms with Crippen LogP contribution >= 0.6 is 11.6 Å². The number of ether oxygens (including phenoxy) is 1. The van der Waals surface area contributed by atoms with Crippen LogP contribution in [0.5, 0.6) is 5.75 Å². The summed E-state index contributed by atoms with van der Waals surface area (Å²) in [4.78, 5) is 0. The third kappa shape index (κ3) is 5.68. The van der Waals surface area contributed by atoms with Crippen molar-refractivity contribution in [3.63, 3.8) is 0 Å². The zero-order valence-electron chi connectivity index (χ0n) is 12.4. The smallest absolute Gasteiger partial charge is 0.119 e. The first-order chi connectivity index (χ1) is 10.3. The lowest BCUT2D eigenvalue weighted by atomic mass is 10.1. The van der Waals surface area contributed by atoms with Gasteiger partial charge in [-0.05, 0) is 54.8 Å². The van der Waals surface area contributed by atoms with E-state index in [9.17, 15) is 0 Å². The molecule has 0 aliphatic carbocycles. The highest BCUT2D eigenvalue weighted by atomic mass is 35.5. The number of hydrogen-bond donors (Lipinski definition) is 1. The van der Waals surface area contributed by atoms with E-state index in [2.05, 4.69) is 36.5 Å². The van der Waals surface area contributed by atoms with Crippen LogP contribution in [0.1, 0.15) is 25.3 Å². The maximum atomic E-state index is 5.87. The molecule has 0 heterocycles. The van der Waals surface area contributed by atoms with Gasteiger partial charge in [0.25, 0.3) is 0 Å². The lowest BCUT2D eigenvalue weighted by Crippen LogP contribution is -2.04. The summed E-state index contributed by atoms with van der Waals surface area (Å²) >= 11 is 5.87. The zero-order valence-corrected chi connectivity index (χ0v) is 13.2. The van der Waals surface area contributed by atoms with E-state index in [-0.39, 0.29) is 0 Å². The Kier molecular flexibility index (Phi) is 6.42. The monoisotopic (exact) mass is 303 g/mol. The second kappa shape index (κ2) is 8.58. The Morgan fingerprint density at radius 1 is 1.00 bits per heavy atom. The molecular weight excluding hydrogens is 282 g/mol. The largest absolute Gasteiger partial charge is 0.494 e. The van der Waals surface area contributed by atoms with Crippen molar-refractivity contribution < 1.29 is 4.74 Å². The predicted octanol–water partition coefficient (Wildman–Crippen LogP) is 5.17. The van der Waals surface area contributed by atoms with Crippen molar-refractivity contribution in [2.24, 2.45) is 0 Å². The van der Waals surface area contributed by atoms with Crippen molar-refractivity contribution in [2.45, 2.75) is 26.2 Å². The van der Waals surface area contributed by atoms with Crippen LogP contribution in [0.3, 0.4) is 0 Å². The summed E-state index contributed by atoms with van der Waals surface area (Å²) in [5.74, 6) is 0.937. The highest BCUT2D eigenvalue weighted by Gasteiger charge is 1.97. The van der Waals surface area contributed by atoms with Crippen LogP contribution < -0.4 is 10.1 Å². The van der Waals surface area contributed by atoms with Crippen LogP contribution in [0.15, 0.2) is 48.5 Å². The fourth-order valence-corrected chi connectivity index (χ4v) is 2.13. The molecule has 0 radical (unpaired) electrons. The molecule has 3 heteroatoms. The number of halogens is 1. The zero-order chi connectivity index (χ0) is 14.9. The van der Waals surface area contributed by atoms with Gasteiger partial charge in [-0.2, -0.15) is 0 Å². The molecular formula is C18H22ClNO. The Morgan fingerprint density at radius 3 is 2.38 bits per heavy atom. The molecule has 2 rings (SSSR count). The number of hydrogen-bond acceptors (Lipinski definition) is 2. The summed E-state index contributed by atoms with van der Waals surface area (Å²) in [6.45, 7) is 3.86. The first kappa shape index (κ1) is 15.7. The molecule has 0 unspecified atom stereocenters. The molecule has 0 aromatic heterocycles. The van der Waals surface area contributed by atoms with Crippen molar-refractivity contribution in [3.05, 3.63) is 59.1 Å². The molecule has 0 aliphatic heterocycles. The Bertz CT molecular complexity index is 522. The van der Waals surface area contributed by atoms with Gasteiger partial charge in [0.2, 0.25) is 0 Å². The normalized spacial score (nSPS) is 10.4. The molecule has 2 aromatic carbocycles. The number of unbranched alkanes of at least 4 members (excludes halogenated alkanes) is 1. The summed E-state index contributed by atoms with van der Waals surface area (Å²) in [5.41, 5.74) is 2.40. The van der Waals surface area contributed by atoms with Gasteiger partial charge in [0.1, 0.15) is 5.75 Å². The minimum atomic E-state index is 0.783. The third-order valence-corrected chi connectivity index (χ3v) is 3.53. The Hall–Kier alpha value is -1.67. The lowest BCUT2D eigenvalue weighted by Gasteiger charge is -2.09. The molecule has 0 fully saturated rings. The van der Waals surface area contributed by atoms with Crippen molar-refractivity contribution in [1.82, 2.24) is 0 Å². The number of anilines is 1. The van der Waals surface area contributed by atoms with Crippen LogP contribution in [-0.4, -0.2) is 13.2 Å². The van der Waals surface area contributed by atoms with E-state index in [0.717, 1.165) is 48.9 Å². The highest BCUT2D eigenvalue weighted by molar-refractivity contribution is 6.30. The molecule has 2 aromatic rings. The molecule has 0 aliphatic rings. The maximum Gasteiger partial charge on any atom is 0.119 e. The fourth-order valence-electron chi connectivity index (χ4n) is 2.01. The molecule has 112 valence electrons. The molecule has 2 nitrogen and oxygen atoms in total. The van der Waals surface area contributed by atoms with Gasteiger partial charge in [-0.1, -0.05) is 37.1 Å². The third-order valence-electron chi connectivity index (χ3n) is 3.28. The van der Waals surface area contributed by atoms with Gasteiger partial charge < -0.3 is 10.1 Å². The Morgan fingerprint density at radius 2 is 1.71 bits per heavy atom. The molecule has 21 heavy (non-hydrogen) atoms. The van der Waals surface area contributed by atoms with E-state index in [4.69, 9.17) is 16.3 Å². The van der Waals surface area contributed by atoms with Gasteiger partial charge in [0.15, 0.2) is 0 Å². The molecule has 0 atom stereocenters.